The molecule has 2 fully saturated rings. The Morgan fingerprint density at radius 2 is 1.74 bits per heavy atom. The molecule has 0 aliphatic carbocycles. The van der Waals surface area contributed by atoms with Crippen LogP contribution in [0.25, 0.3) is 0 Å². The van der Waals surface area contributed by atoms with Crippen LogP contribution < -0.4 is 25.6 Å². The van der Waals surface area contributed by atoms with Gasteiger partial charge in [0.05, 0.1) is 19.0 Å². The minimum absolute atomic E-state index is 0.239. The first kappa shape index (κ1) is 30.8. The van der Waals surface area contributed by atoms with E-state index in [-0.39, 0.29) is 7.92 Å². The van der Waals surface area contributed by atoms with Crippen molar-refractivity contribution in [3.05, 3.63) is 53.7 Å². The number of nitrogens with zero attached hydrogens (tertiary/aromatic N) is 5. The maximum Gasteiger partial charge on any atom is 0.229 e. The average Bonchev–Trinajstić information content (AvgIpc) is 3.24. The zero-order valence-electron chi connectivity index (χ0n) is 25.4. The van der Waals surface area contributed by atoms with Crippen molar-refractivity contribution in [2.24, 2.45) is 0 Å². The number of piperidine rings is 1. The molecule has 10 heteroatoms. The number of hydrogen-bond donors (Lipinski definition) is 2. The Labute approximate surface area is 257 Å². The van der Waals surface area contributed by atoms with E-state index < -0.39 is 0 Å². The monoisotopic (exact) mass is 609 g/mol. The molecule has 2 N–H and O–H groups in total. The second kappa shape index (κ2) is 14.7. The van der Waals surface area contributed by atoms with Crippen molar-refractivity contribution in [3.63, 3.8) is 0 Å². The molecule has 0 bridgehead atoms. The van der Waals surface area contributed by atoms with Gasteiger partial charge in [0.25, 0.3) is 0 Å². The van der Waals surface area contributed by atoms with Gasteiger partial charge in [0, 0.05) is 49.7 Å². The highest BCUT2D eigenvalue weighted by atomic mass is 35.5. The summed E-state index contributed by atoms with van der Waals surface area (Å²) in [7, 11) is 3.71. The average molecular weight is 610 g/mol. The van der Waals surface area contributed by atoms with Gasteiger partial charge in [-0.05, 0) is 75.2 Å². The fourth-order valence-electron chi connectivity index (χ4n) is 6.08. The van der Waals surface area contributed by atoms with E-state index in [4.69, 9.17) is 21.3 Å². The van der Waals surface area contributed by atoms with E-state index in [9.17, 15) is 0 Å². The molecule has 3 aromatic rings. The molecule has 5 rings (SSSR count). The molecule has 226 valence electrons. The summed E-state index contributed by atoms with van der Waals surface area (Å²) in [6.45, 7) is 11.4. The number of likely N-dealkylation sites (N-methyl/N-ethyl adjacent to an activating group) is 1. The normalized spacial score (nSPS) is 17.3. The van der Waals surface area contributed by atoms with Crippen molar-refractivity contribution in [1.29, 1.82) is 0 Å². The Bertz CT molecular complexity index is 1320. The standard InChI is InChI=1S/C32H45ClN7OP/c1-5-42(6-2)30-11-8-7-10-28(30)35-31-26(33)23-34-32(37-31)36-27-13-12-25(22-29(27)41-4)40-18-14-24(15-19-40)39-17-9-16-38(3)20-21-39/h7-8,10-13,22-24H,5-6,9,14-21H2,1-4H3,(H2,34,35,36,37). The van der Waals surface area contributed by atoms with Gasteiger partial charge < -0.3 is 25.2 Å². The first-order valence-corrected chi connectivity index (χ1v) is 17.3. The zero-order chi connectivity index (χ0) is 29.5. The summed E-state index contributed by atoms with van der Waals surface area (Å²) < 4.78 is 5.81. The predicted octanol–water partition coefficient (Wildman–Crippen LogP) is 6.38. The summed E-state index contributed by atoms with van der Waals surface area (Å²) in [5, 5.41) is 8.65. The number of methoxy groups -OCH3 is 1. The molecule has 3 heterocycles. The largest absolute Gasteiger partial charge is 0.494 e. The maximum atomic E-state index is 6.54. The van der Waals surface area contributed by atoms with Gasteiger partial charge in [-0.25, -0.2) is 4.98 Å². The van der Waals surface area contributed by atoms with Gasteiger partial charge in [-0.1, -0.05) is 51.6 Å². The predicted molar refractivity (Wildman–Crippen MR) is 180 cm³/mol. The maximum absolute atomic E-state index is 6.54. The van der Waals surface area contributed by atoms with E-state index in [0.717, 1.165) is 42.5 Å². The third-order valence-corrected chi connectivity index (χ3v) is 11.4. The Morgan fingerprint density at radius 1 is 0.952 bits per heavy atom. The summed E-state index contributed by atoms with van der Waals surface area (Å²) >= 11 is 6.54. The fraction of sp³-hybridized carbons (Fsp3) is 0.500. The number of benzene rings is 2. The highest BCUT2D eigenvalue weighted by molar-refractivity contribution is 7.65. The number of nitrogens with one attached hydrogen (secondary N) is 2. The van der Waals surface area contributed by atoms with E-state index in [1.165, 1.54) is 56.4 Å². The van der Waals surface area contributed by atoms with Crippen LogP contribution in [0.5, 0.6) is 5.75 Å². The number of hydrogen-bond acceptors (Lipinski definition) is 8. The van der Waals surface area contributed by atoms with Crippen molar-refractivity contribution >= 4 is 53.7 Å². The molecule has 0 radical (unpaired) electrons. The van der Waals surface area contributed by atoms with Crippen LogP contribution >= 0.6 is 19.5 Å². The summed E-state index contributed by atoms with van der Waals surface area (Å²) in [4.78, 5) is 16.8. The molecule has 0 unspecified atom stereocenters. The third kappa shape index (κ3) is 7.46. The molecule has 2 aliphatic heterocycles. The van der Waals surface area contributed by atoms with E-state index in [1.54, 1.807) is 13.3 Å². The van der Waals surface area contributed by atoms with E-state index in [0.29, 0.717) is 22.8 Å². The lowest BCUT2D eigenvalue weighted by molar-refractivity contribution is 0.174. The Morgan fingerprint density at radius 3 is 2.50 bits per heavy atom. The van der Waals surface area contributed by atoms with E-state index >= 15 is 0 Å². The molecular formula is C32H45ClN7OP. The first-order chi connectivity index (χ1) is 20.5. The lowest BCUT2D eigenvalue weighted by Gasteiger charge is -2.39. The Kier molecular flexibility index (Phi) is 10.8. The highest BCUT2D eigenvalue weighted by Crippen LogP contribution is 2.38. The molecule has 0 saturated carbocycles. The van der Waals surface area contributed by atoms with Crippen LogP contribution in [0.15, 0.2) is 48.7 Å². The van der Waals surface area contributed by atoms with E-state index in [1.807, 2.05) is 6.07 Å². The van der Waals surface area contributed by atoms with Crippen LogP contribution in [0.3, 0.4) is 0 Å². The van der Waals surface area contributed by atoms with Crippen molar-refractivity contribution in [2.45, 2.75) is 39.2 Å². The number of ether oxygens (including phenoxy) is 1. The van der Waals surface area contributed by atoms with Crippen LogP contribution in [0, 0.1) is 0 Å². The molecule has 2 aliphatic rings. The lowest BCUT2D eigenvalue weighted by atomic mass is 10.0. The van der Waals surface area contributed by atoms with Crippen LogP contribution in [0.4, 0.5) is 28.8 Å². The van der Waals surface area contributed by atoms with Gasteiger partial charge in [-0.2, -0.15) is 4.98 Å². The molecule has 1 aromatic heterocycles. The van der Waals surface area contributed by atoms with E-state index in [2.05, 4.69) is 87.6 Å². The second-order valence-electron chi connectivity index (χ2n) is 11.1. The van der Waals surface area contributed by atoms with Crippen molar-refractivity contribution in [1.82, 2.24) is 19.8 Å². The van der Waals surface area contributed by atoms with Crippen LogP contribution in [-0.4, -0.2) is 91.6 Å². The fourth-order valence-corrected chi connectivity index (χ4v) is 8.12. The summed E-state index contributed by atoms with van der Waals surface area (Å²) in [5.74, 6) is 1.81. The molecule has 0 spiro atoms. The summed E-state index contributed by atoms with van der Waals surface area (Å²) in [6, 6.07) is 15.5. The van der Waals surface area contributed by atoms with Gasteiger partial charge in [-0.3, -0.25) is 4.90 Å². The molecule has 42 heavy (non-hydrogen) atoms. The smallest absolute Gasteiger partial charge is 0.229 e. The minimum atomic E-state index is -0.239. The molecule has 0 amide bonds. The summed E-state index contributed by atoms with van der Waals surface area (Å²) in [5.41, 5.74) is 3.05. The number of aromatic nitrogens is 2. The van der Waals surface area contributed by atoms with Gasteiger partial charge >= 0.3 is 0 Å². The van der Waals surface area contributed by atoms with Crippen molar-refractivity contribution in [3.8, 4) is 5.75 Å². The molecule has 8 nitrogen and oxygen atoms in total. The Balaban J connectivity index is 1.26. The zero-order valence-corrected chi connectivity index (χ0v) is 27.1. The number of rotatable bonds is 10. The topological polar surface area (TPSA) is 68.8 Å². The van der Waals surface area contributed by atoms with Gasteiger partial charge in [-0.15, -0.1) is 0 Å². The molecule has 2 aromatic carbocycles. The lowest BCUT2D eigenvalue weighted by Crippen LogP contribution is -2.46. The minimum Gasteiger partial charge on any atom is -0.494 e. The van der Waals surface area contributed by atoms with Gasteiger partial charge in [0.1, 0.15) is 10.8 Å². The van der Waals surface area contributed by atoms with Crippen LogP contribution in [0.1, 0.15) is 33.1 Å². The summed E-state index contributed by atoms with van der Waals surface area (Å²) in [6.07, 6.45) is 7.57. The van der Waals surface area contributed by atoms with Crippen molar-refractivity contribution in [2.75, 3.05) is 81.3 Å². The highest BCUT2D eigenvalue weighted by Gasteiger charge is 2.26. The third-order valence-electron chi connectivity index (χ3n) is 8.54. The van der Waals surface area contributed by atoms with Crippen molar-refractivity contribution < 1.29 is 4.74 Å². The molecular weight excluding hydrogens is 565 g/mol. The first-order valence-electron chi connectivity index (χ1n) is 15.2. The van der Waals surface area contributed by atoms with Gasteiger partial charge in [0.15, 0.2) is 5.82 Å². The quantitative estimate of drug-likeness (QED) is 0.257. The number of para-hydroxylation sites is 1. The SMILES string of the molecule is CCP(CC)c1ccccc1Nc1nc(Nc2ccc(N3CCC(N4CCCN(C)CC4)CC3)cc2OC)ncc1Cl. The number of halogens is 1. The van der Waals surface area contributed by atoms with Gasteiger partial charge in [0.2, 0.25) is 5.95 Å². The Hall–Kier alpha value is -2.64. The second-order valence-corrected chi connectivity index (χ2v) is 14.4. The van der Waals surface area contributed by atoms with Crippen LogP contribution in [0.2, 0.25) is 5.02 Å². The number of anilines is 5. The molecule has 2 saturated heterocycles. The van der Waals surface area contributed by atoms with Crippen LogP contribution in [-0.2, 0) is 0 Å². The molecule has 0 atom stereocenters.